The monoisotopic (exact) mass is 343 g/mol. The van der Waals surface area contributed by atoms with E-state index in [9.17, 15) is 9.59 Å². The van der Waals surface area contributed by atoms with Crippen molar-refractivity contribution in [1.82, 2.24) is 4.57 Å². The van der Waals surface area contributed by atoms with Gasteiger partial charge in [-0.1, -0.05) is 13.3 Å². The van der Waals surface area contributed by atoms with Crippen LogP contribution in [0.15, 0.2) is 42.8 Å². The Morgan fingerprint density at radius 3 is 2.64 bits per heavy atom. The molecule has 0 N–H and O–H groups in total. The van der Waals surface area contributed by atoms with E-state index < -0.39 is 11.7 Å². The van der Waals surface area contributed by atoms with Crippen molar-refractivity contribution in [2.75, 3.05) is 6.61 Å². The van der Waals surface area contributed by atoms with Crippen LogP contribution in [-0.2, 0) is 9.47 Å². The van der Waals surface area contributed by atoms with Crippen molar-refractivity contribution in [1.29, 1.82) is 0 Å². The van der Waals surface area contributed by atoms with Crippen molar-refractivity contribution in [2.45, 2.75) is 46.1 Å². The highest BCUT2D eigenvalue weighted by Gasteiger charge is 2.19. The van der Waals surface area contributed by atoms with Crippen molar-refractivity contribution < 1.29 is 19.1 Å². The Hall–Kier alpha value is -2.56. The lowest BCUT2D eigenvalue weighted by atomic mass is 10.1. The van der Waals surface area contributed by atoms with Crippen LogP contribution >= 0.6 is 0 Å². The maximum Gasteiger partial charge on any atom is 0.418 e. The molecule has 2 rings (SSSR count). The average molecular weight is 343 g/mol. The van der Waals surface area contributed by atoms with Gasteiger partial charge in [0.25, 0.3) is 0 Å². The van der Waals surface area contributed by atoms with E-state index in [1.165, 1.54) is 16.9 Å². The SMILES string of the molecule is CCCCO/C=C/C(=O)c1ccc2c(ccn2C(=O)OC(C)(C)C)c1. The van der Waals surface area contributed by atoms with E-state index in [0.29, 0.717) is 17.7 Å². The van der Waals surface area contributed by atoms with Gasteiger partial charge >= 0.3 is 6.09 Å². The maximum absolute atomic E-state index is 12.2. The third-order valence-electron chi connectivity index (χ3n) is 3.50. The summed E-state index contributed by atoms with van der Waals surface area (Å²) >= 11 is 0. The zero-order chi connectivity index (χ0) is 18.4. The van der Waals surface area contributed by atoms with Crippen LogP contribution in [0.5, 0.6) is 0 Å². The number of allylic oxidation sites excluding steroid dienone is 1. The Morgan fingerprint density at radius 2 is 1.96 bits per heavy atom. The first-order valence-electron chi connectivity index (χ1n) is 8.49. The second-order valence-corrected chi connectivity index (χ2v) is 6.83. The molecule has 0 radical (unpaired) electrons. The number of aromatic nitrogens is 1. The lowest BCUT2D eigenvalue weighted by molar-refractivity contribution is 0.0544. The molecule has 25 heavy (non-hydrogen) atoms. The predicted octanol–water partition coefficient (Wildman–Crippen LogP) is 4.94. The van der Waals surface area contributed by atoms with Crippen LogP contribution in [0.3, 0.4) is 0 Å². The van der Waals surface area contributed by atoms with Crippen LogP contribution in [-0.4, -0.2) is 28.7 Å². The molecule has 0 aliphatic rings. The van der Waals surface area contributed by atoms with E-state index in [-0.39, 0.29) is 5.78 Å². The molecule has 0 bridgehead atoms. The molecule has 0 saturated heterocycles. The summed E-state index contributed by atoms with van der Waals surface area (Å²) in [5.41, 5.74) is 0.686. The summed E-state index contributed by atoms with van der Waals surface area (Å²) in [6.45, 7) is 8.15. The standard InChI is InChI=1S/C20H25NO4/c1-5-6-12-24-13-10-18(22)16-7-8-17-15(14-16)9-11-21(17)19(23)25-20(2,3)4/h7-11,13-14H,5-6,12H2,1-4H3/b13-10+. The minimum absolute atomic E-state index is 0.136. The minimum Gasteiger partial charge on any atom is -0.501 e. The smallest absolute Gasteiger partial charge is 0.418 e. The summed E-state index contributed by atoms with van der Waals surface area (Å²) in [5, 5.41) is 0.803. The number of ether oxygens (including phenoxy) is 2. The van der Waals surface area contributed by atoms with Crippen LogP contribution < -0.4 is 0 Å². The van der Waals surface area contributed by atoms with E-state index in [0.717, 1.165) is 18.2 Å². The highest BCUT2D eigenvalue weighted by Crippen LogP contribution is 2.20. The van der Waals surface area contributed by atoms with Crippen molar-refractivity contribution in [3.8, 4) is 0 Å². The van der Waals surface area contributed by atoms with Gasteiger partial charge in [0, 0.05) is 23.2 Å². The van der Waals surface area contributed by atoms with Crippen molar-refractivity contribution in [2.24, 2.45) is 0 Å². The maximum atomic E-state index is 12.2. The Morgan fingerprint density at radius 1 is 1.20 bits per heavy atom. The quantitative estimate of drug-likeness (QED) is 0.323. The minimum atomic E-state index is -0.563. The van der Waals surface area contributed by atoms with Gasteiger partial charge in [0.15, 0.2) is 5.78 Å². The highest BCUT2D eigenvalue weighted by molar-refractivity contribution is 6.06. The second kappa shape index (κ2) is 8.01. The molecule has 0 fully saturated rings. The van der Waals surface area contributed by atoms with Crippen molar-refractivity contribution >= 4 is 22.8 Å². The molecule has 1 aromatic carbocycles. The summed E-state index contributed by atoms with van der Waals surface area (Å²) < 4.78 is 12.1. The van der Waals surface area contributed by atoms with Crippen LogP contribution in [0.25, 0.3) is 10.9 Å². The summed E-state index contributed by atoms with van der Waals surface area (Å²) in [4.78, 5) is 24.4. The van der Waals surface area contributed by atoms with E-state index in [1.807, 2.05) is 20.8 Å². The first kappa shape index (κ1) is 18.8. The van der Waals surface area contributed by atoms with Crippen LogP contribution in [0.4, 0.5) is 4.79 Å². The van der Waals surface area contributed by atoms with Gasteiger partial charge < -0.3 is 9.47 Å². The third-order valence-corrected chi connectivity index (χ3v) is 3.50. The fourth-order valence-corrected chi connectivity index (χ4v) is 2.27. The molecule has 5 nitrogen and oxygen atoms in total. The van der Waals surface area contributed by atoms with Crippen LogP contribution in [0, 0.1) is 0 Å². The van der Waals surface area contributed by atoms with E-state index in [2.05, 4.69) is 6.92 Å². The third kappa shape index (κ3) is 5.21. The number of nitrogens with zero attached hydrogens (tertiary/aromatic N) is 1. The topological polar surface area (TPSA) is 57.5 Å². The molecule has 2 aromatic rings. The zero-order valence-electron chi connectivity index (χ0n) is 15.2. The fraction of sp³-hybridized carbons (Fsp3) is 0.400. The van der Waals surface area contributed by atoms with E-state index in [4.69, 9.17) is 9.47 Å². The number of carbonyl (C=O) groups is 2. The van der Waals surface area contributed by atoms with Gasteiger partial charge in [0.2, 0.25) is 0 Å². The van der Waals surface area contributed by atoms with Gasteiger partial charge in [-0.25, -0.2) is 4.79 Å². The molecule has 0 unspecified atom stereocenters. The van der Waals surface area contributed by atoms with Gasteiger partial charge in [-0.05, 0) is 51.5 Å². The number of hydrogen-bond donors (Lipinski definition) is 0. The molecule has 5 heteroatoms. The highest BCUT2D eigenvalue weighted by atomic mass is 16.6. The summed E-state index contributed by atoms with van der Waals surface area (Å²) in [6.07, 6.45) is 6.08. The Bertz CT molecular complexity index is 781. The molecule has 0 atom stereocenters. The Balaban J connectivity index is 2.13. The van der Waals surface area contributed by atoms with Gasteiger partial charge in [-0.2, -0.15) is 0 Å². The zero-order valence-corrected chi connectivity index (χ0v) is 15.2. The summed E-state index contributed by atoms with van der Waals surface area (Å²) in [6, 6.07) is 6.99. The lowest BCUT2D eigenvalue weighted by Crippen LogP contribution is -2.26. The molecule has 0 aliphatic heterocycles. The van der Waals surface area contributed by atoms with Crippen molar-refractivity contribution in [3.63, 3.8) is 0 Å². The molecular formula is C20H25NO4. The molecule has 0 aliphatic carbocycles. The van der Waals surface area contributed by atoms with Gasteiger partial charge in [-0.15, -0.1) is 0 Å². The number of benzene rings is 1. The summed E-state index contributed by atoms with van der Waals surface area (Å²) in [7, 11) is 0. The van der Waals surface area contributed by atoms with Gasteiger partial charge in [-0.3, -0.25) is 9.36 Å². The number of unbranched alkanes of at least 4 members (excludes halogenated alkanes) is 1. The molecule has 0 spiro atoms. The first-order chi connectivity index (χ1) is 11.8. The van der Waals surface area contributed by atoms with Crippen LogP contribution in [0.1, 0.15) is 50.9 Å². The normalized spacial score (nSPS) is 11.8. The largest absolute Gasteiger partial charge is 0.501 e. The molecule has 1 heterocycles. The number of fused-ring (bicyclic) bond motifs is 1. The molecular weight excluding hydrogens is 318 g/mol. The molecule has 134 valence electrons. The lowest BCUT2D eigenvalue weighted by Gasteiger charge is -2.19. The Labute approximate surface area is 148 Å². The number of ketones is 1. The predicted molar refractivity (Wildman–Crippen MR) is 97.9 cm³/mol. The number of carbonyl (C=O) groups excluding carboxylic acids is 2. The fourth-order valence-electron chi connectivity index (χ4n) is 2.27. The van der Waals surface area contributed by atoms with E-state index >= 15 is 0 Å². The summed E-state index contributed by atoms with van der Waals surface area (Å²) in [5.74, 6) is -0.136. The number of hydrogen-bond acceptors (Lipinski definition) is 4. The second-order valence-electron chi connectivity index (χ2n) is 6.83. The molecule has 0 amide bonds. The molecule has 1 aromatic heterocycles. The Kier molecular flexibility index (Phi) is 6.02. The van der Waals surface area contributed by atoms with Crippen LogP contribution in [0.2, 0.25) is 0 Å². The van der Waals surface area contributed by atoms with E-state index in [1.54, 1.807) is 30.5 Å². The molecule has 0 saturated carbocycles. The average Bonchev–Trinajstić information content (AvgIpc) is 2.96. The first-order valence-corrected chi connectivity index (χ1v) is 8.49. The number of rotatable bonds is 6. The van der Waals surface area contributed by atoms with Gasteiger partial charge in [0.05, 0.1) is 18.4 Å². The van der Waals surface area contributed by atoms with Crippen molar-refractivity contribution in [3.05, 3.63) is 48.4 Å². The van der Waals surface area contributed by atoms with Gasteiger partial charge in [0.1, 0.15) is 5.60 Å².